The summed E-state index contributed by atoms with van der Waals surface area (Å²) in [6, 6.07) is 0. The van der Waals surface area contributed by atoms with E-state index in [4.69, 9.17) is 19.9 Å². The Morgan fingerprint density at radius 1 is 0.783 bits per heavy atom. The number of hydrogen-bond acceptors (Lipinski definition) is 6. The molecule has 0 spiro atoms. The first-order valence-corrected chi connectivity index (χ1v) is 8.58. The number of rotatable bonds is 18. The van der Waals surface area contributed by atoms with Crippen molar-refractivity contribution in [1.82, 2.24) is 0 Å². The number of hydrogen-bond donors (Lipinski definition) is 1. The first kappa shape index (κ1) is 22.2. The van der Waals surface area contributed by atoms with Crippen LogP contribution in [-0.2, 0) is 23.8 Å². The molecule has 0 aromatic carbocycles. The van der Waals surface area contributed by atoms with Crippen LogP contribution in [0.2, 0.25) is 0 Å². The topological polar surface area (TPSA) is 87.8 Å². The summed E-state index contributed by atoms with van der Waals surface area (Å²) in [6.45, 7) is 5.00. The maximum atomic E-state index is 10.2. The van der Waals surface area contributed by atoms with Crippen molar-refractivity contribution in [2.75, 3.05) is 39.6 Å². The van der Waals surface area contributed by atoms with Crippen molar-refractivity contribution >= 4 is 12.6 Å². The summed E-state index contributed by atoms with van der Waals surface area (Å²) < 4.78 is 16.8. The maximum Gasteiger partial charge on any atom is 0.119 e. The summed E-state index contributed by atoms with van der Waals surface area (Å²) >= 11 is 0. The Morgan fingerprint density at radius 3 is 1.61 bits per heavy atom. The van der Waals surface area contributed by atoms with Crippen molar-refractivity contribution in [1.29, 1.82) is 0 Å². The van der Waals surface area contributed by atoms with Gasteiger partial charge in [0.05, 0.1) is 25.4 Å². The fourth-order valence-corrected chi connectivity index (χ4v) is 1.96. The molecule has 0 bridgehead atoms. The van der Waals surface area contributed by atoms with Gasteiger partial charge in [0, 0.05) is 32.7 Å². The minimum atomic E-state index is -0.662. The van der Waals surface area contributed by atoms with Crippen LogP contribution in [0.1, 0.15) is 51.9 Å². The van der Waals surface area contributed by atoms with Gasteiger partial charge in [-0.2, -0.15) is 0 Å². The third kappa shape index (κ3) is 14.5. The normalized spacial score (nSPS) is 11.6. The Bertz CT molecular complexity index is 266. The van der Waals surface area contributed by atoms with Gasteiger partial charge in [-0.25, -0.2) is 0 Å². The average molecular weight is 331 g/mol. The zero-order valence-corrected chi connectivity index (χ0v) is 14.5. The van der Waals surface area contributed by atoms with Gasteiger partial charge >= 0.3 is 0 Å². The van der Waals surface area contributed by atoms with Crippen LogP contribution >= 0.6 is 0 Å². The predicted molar refractivity (Wildman–Crippen MR) is 89.5 cm³/mol. The van der Waals surface area contributed by atoms with Gasteiger partial charge in [-0.3, -0.25) is 0 Å². The van der Waals surface area contributed by atoms with Crippen LogP contribution in [-0.4, -0.2) is 57.8 Å². The number of ether oxygens (including phenoxy) is 3. The summed E-state index contributed by atoms with van der Waals surface area (Å²) in [6.07, 6.45) is 7.28. The first-order valence-electron chi connectivity index (χ1n) is 8.58. The standard InChI is InChI=1S/C17H33NO5/c1-2-11-21-14-17(18,15-22-12-7-3-5-9-19)16-23-13-8-4-6-10-20/h9-10H,2-8,11-16,18H2,1H3. The van der Waals surface area contributed by atoms with Crippen molar-refractivity contribution in [3.05, 3.63) is 0 Å². The lowest BCUT2D eigenvalue weighted by molar-refractivity contribution is -0.108. The highest BCUT2D eigenvalue weighted by molar-refractivity contribution is 5.49. The molecule has 0 heterocycles. The Labute approximate surface area is 140 Å². The lowest BCUT2D eigenvalue weighted by Crippen LogP contribution is -2.53. The van der Waals surface area contributed by atoms with E-state index in [1.54, 1.807) is 0 Å². The number of carbonyl (C=O) groups is 2. The van der Waals surface area contributed by atoms with Gasteiger partial charge in [0.1, 0.15) is 12.6 Å². The highest BCUT2D eigenvalue weighted by Crippen LogP contribution is 2.07. The van der Waals surface area contributed by atoms with E-state index in [0.717, 1.165) is 44.7 Å². The van der Waals surface area contributed by atoms with Gasteiger partial charge in [0.2, 0.25) is 0 Å². The van der Waals surface area contributed by atoms with Crippen LogP contribution in [0, 0.1) is 0 Å². The smallest absolute Gasteiger partial charge is 0.119 e. The quantitative estimate of drug-likeness (QED) is 0.305. The van der Waals surface area contributed by atoms with E-state index in [1.165, 1.54) is 0 Å². The minimum absolute atomic E-state index is 0.367. The largest absolute Gasteiger partial charge is 0.379 e. The lowest BCUT2D eigenvalue weighted by Gasteiger charge is -2.29. The second-order valence-corrected chi connectivity index (χ2v) is 5.85. The zero-order chi connectivity index (χ0) is 17.2. The summed E-state index contributed by atoms with van der Waals surface area (Å²) in [5, 5.41) is 0. The van der Waals surface area contributed by atoms with Crippen LogP contribution in [0.3, 0.4) is 0 Å². The molecule has 0 aliphatic heterocycles. The van der Waals surface area contributed by atoms with Crippen molar-refractivity contribution < 1.29 is 23.8 Å². The Kier molecular flexibility index (Phi) is 15.5. The third-order valence-electron chi connectivity index (χ3n) is 3.24. The molecule has 6 heteroatoms. The Hall–Kier alpha value is -0.820. The second-order valence-electron chi connectivity index (χ2n) is 5.85. The van der Waals surface area contributed by atoms with Crippen LogP contribution in [0.4, 0.5) is 0 Å². The third-order valence-corrected chi connectivity index (χ3v) is 3.24. The number of unbranched alkanes of at least 4 members (excludes halogenated alkanes) is 4. The molecule has 0 saturated carbocycles. The molecule has 0 aliphatic carbocycles. The van der Waals surface area contributed by atoms with Crippen LogP contribution in [0.15, 0.2) is 0 Å². The average Bonchev–Trinajstić information content (AvgIpc) is 2.54. The summed E-state index contributed by atoms with van der Waals surface area (Å²) in [4.78, 5) is 20.5. The van der Waals surface area contributed by atoms with E-state index in [-0.39, 0.29) is 0 Å². The van der Waals surface area contributed by atoms with Gasteiger partial charge in [0.15, 0.2) is 0 Å². The zero-order valence-electron chi connectivity index (χ0n) is 14.5. The van der Waals surface area contributed by atoms with E-state index in [9.17, 15) is 9.59 Å². The van der Waals surface area contributed by atoms with Crippen molar-refractivity contribution in [2.45, 2.75) is 57.4 Å². The maximum absolute atomic E-state index is 10.2. The van der Waals surface area contributed by atoms with Crippen LogP contribution in [0.5, 0.6) is 0 Å². The SMILES string of the molecule is CCCOCC(N)(COCCCCC=O)COCCCCC=O. The molecule has 0 atom stereocenters. The van der Waals surface area contributed by atoms with Gasteiger partial charge in [-0.05, 0) is 32.1 Å². The van der Waals surface area contributed by atoms with Gasteiger partial charge in [-0.15, -0.1) is 0 Å². The Balaban J connectivity index is 3.97. The highest BCUT2D eigenvalue weighted by atomic mass is 16.5. The predicted octanol–water partition coefficient (Wildman–Crippen LogP) is 1.88. The molecule has 0 aliphatic rings. The molecular formula is C17H33NO5. The van der Waals surface area contributed by atoms with Crippen molar-refractivity contribution in [3.8, 4) is 0 Å². The van der Waals surface area contributed by atoms with Crippen molar-refractivity contribution in [2.24, 2.45) is 5.73 Å². The molecule has 0 aromatic rings. The molecule has 6 nitrogen and oxygen atoms in total. The molecule has 0 rings (SSSR count). The minimum Gasteiger partial charge on any atom is -0.379 e. The molecule has 0 radical (unpaired) electrons. The fraction of sp³-hybridized carbons (Fsp3) is 0.882. The summed E-state index contributed by atoms with van der Waals surface area (Å²) in [5.74, 6) is 0. The summed E-state index contributed by atoms with van der Waals surface area (Å²) in [7, 11) is 0. The van der Waals surface area contributed by atoms with Crippen LogP contribution < -0.4 is 5.73 Å². The van der Waals surface area contributed by atoms with Gasteiger partial charge in [-0.1, -0.05) is 6.92 Å². The lowest BCUT2D eigenvalue weighted by atomic mass is 10.1. The second kappa shape index (κ2) is 16.1. The van der Waals surface area contributed by atoms with Gasteiger partial charge in [0.25, 0.3) is 0 Å². The van der Waals surface area contributed by atoms with E-state index >= 15 is 0 Å². The summed E-state index contributed by atoms with van der Waals surface area (Å²) in [5.41, 5.74) is 5.67. The molecule has 0 saturated heterocycles. The number of carbonyl (C=O) groups excluding carboxylic acids is 2. The van der Waals surface area contributed by atoms with Crippen LogP contribution in [0.25, 0.3) is 0 Å². The van der Waals surface area contributed by atoms with E-state index in [0.29, 0.717) is 52.5 Å². The molecule has 23 heavy (non-hydrogen) atoms. The van der Waals surface area contributed by atoms with Gasteiger partial charge < -0.3 is 29.5 Å². The molecular weight excluding hydrogens is 298 g/mol. The molecule has 0 unspecified atom stereocenters. The fourth-order valence-electron chi connectivity index (χ4n) is 1.96. The van der Waals surface area contributed by atoms with Crippen molar-refractivity contribution in [3.63, 3.8) is 0 Å². The molecule has 0 amide bonds. The molecule has 0 fully saturated rings. The highest BCUT2D eigenvalue weighted by Gasteiger charge is 2.26. The Morgan fingerprint density at radius 2 is 1.22 bits per heavy atom. The van der Waals surface area contributed by atoms with E-state index in [1.807, 2.05) is 6.92 Å². The number of aldehydes is 2. The van der Waals surface area contributed by atoms with E-state index in [2.05, 4.69) is 0 Å². The first-order chi connectivity index (χ1) is 11.2. The monoisotopic (exact) mass is 331 g/mol. The molecule has 0 aromatic heterocycles. The van der Waals surface area contributed by atoms with E-state index < -0.39 is 5.54 Å². The number of nitrogens with two attached hydrogens (primary N) is 1. The molecule has 136 valence electrons. The molecule has 2 N–H and O–H groups in total.